The summed E-state index contributed by atoms with van der Waals surface area (Å²) in [6.07, 6.45) is 9.94. The molecule has 3 heterocycles. The van der Waals surface area contributed by atoms with E-state index in [0.29, 0.717) is 24.9 Å². The molecule has 0 bridgehead atoms. The number of rotatable bonds is 6. The van der Waals surface area contributed by atoms with Crippen molar-refractivity contribution in [1.29, 1.82) is 0 Å². The maximum absolute atomic E-state index is 12.4. The summed E-state index contributed by atoms with van der Waals surface area (Å²) >= 11 is 1.68. The molecular formula is C29H39N3O4S. The molecule has 1 saturated carbocycles. The number of aromatic nitrogens is 1. The number of para-hydroxylation sites is 1. The van der Waals surface area contributed by atoms with Crippen LogP contribution in [0, 0.1) is 5.92 Å². The van der Waals surface area contributed by atoms with E-state index in [1.54, 1.807) is 11.3 Å². The van der Waals surface area contributed by atoms with E-state index in [0.717, 1.165) is 47.2 Å². The van der Waals surface area contributed by atoms with E-state index in [1.165, 1.54) is 32.1 Å². The van der Waals surface area contributed by atoms with E-state index < -0.39 is 5.60 Å². The highest BCUT2D eigenvalue weighted by atomic mass is 32.1. The summed E-state index contributed by atoms with van der Waals surface area (Å²) in [6.45, 7) is 7.86. The lowest BCUT2D eigenvalue weighted by molar-refractivity contribution is 0.0204. The van der Waals surface area contributed by atoms with Crippen LogP contribution in [0.2, 0.25) is 0 Å². The van der Waals surface area contributed by atoms with Crippen LogP contribution in [0.5, 0.6) is 5.75 Å². The second-order valence-electron chi connectivity index (χ2n) is 11.4. The van der Waals surface area contributed by atoms with E-state index in [-0.39, 0.29) is 12.2 Å². The summed E-state index contributed by atoms with van der Waals surface area (Å²) < 4.78 is 11.8. The summed E-state index contributed by atoms with van der Waals surface area (Å²) in [5, 5.41) is 3.20. The number of carbonyl (C=O) groups excluding carboxylic acids is 1. The first-order valence-corrected chi connectivity index (χ1v) is 14.5. The van der Waals surface area contributed by atoms with E-state index in [4.69, 9.17) is 19.3 Å². The van der Waals surface area contributed by atoms with Crippen LogP contribution in [0.25, 0.3) is 5.70 Å². The highest BCUT2D eigenvalue weighted by Crippen LogP contribution is 2.37. The largest absolute Gasteiger partial charge is 0.493 e. The van der Waals surface area contributed by atoms with Crippen LogP contribution in [0.4, 0.5) is 4.79 Å². The number of likely N-dealkylation sites (tertiary alicyclic amines) is 1. The third-order valence-electron chi connectivity index (χ3n) is 7.33. The van der Waals surface area contributed by atoms with Crippen LogP contribution in [-0.2, 0) is 9.57 Å². The predicted molar refractivity (Wildman–Crippen MR) is 145 cm³/mol. The fourth-order valence-corrected chi connectivity index (χ4v) is 6.27. The van der Waals surface area contributed by atoms with E-state index in [9.17, 15) is 4.79 Å². The van der Waals surface area contributed by atoms with Crippen molar-refractivity contribution in [3.8, 4) is 5.75 Å². The normalized spacial score (nSPS) is 21.4. The van der Waals surface area contributed by atoms with Gasteiger partial charge in [-0.3, -0.25) is 10.3 Å². The minimum atomic E-state index is -0.470. The molecule has 8 heteroatoms. The summed E-state index contributed by atoms with van der Waals surface area (Å²) in [5.41, 5.74) is 5.45. The number of hydroxylamine groups is 1. The number of carbonyl (C=O) groups is 1. The van der Waals surface area contributed by atoms with Gasteiger partial charge in [0.05, 0.1) is 23.0 Å². The topological polar surface area (TPSA) is 72.9 Å². The first-order chi connectivity index (χ1) is 17.9. The second-order valence-corrected chi connectivity index (χ2v) is 12.3. The molecule has 2 fully saturated rings. The molecule has 1 aliphatic carbocycles. The molecule has 1 aromatic carbocycles. The number of hydrogen-bond acceptors (Lipinski definition) is 7. The van der Waals surface area contributed by atoms with Gasteiger partial charge in [0, 0.05) is 30.0 Å². The Morgan fingerprint density at radius 1 is 1.14 bits per heavy atom. The summed E-state index contributed by atoms with van der Waals surface area (Å²) in [4.78, 5) is 25.1. The maximum Gasteiger partial charge on any atom is 0.410 e. The van der Waals surface area contributed by atoms with Gasteiger partial charge in [-0.1, -0.05) is 37.5 Å². The Bertz CT molecular complexity index is 1090. The quantitative estimate of drug-likeness (QED) is 0.445. The maximum atomic E-state index is 12.4. The van der Waals surface area contributed by atoms with Gasteiger partial charge in [0.15, 0.2) is 0 Å². The lowest BCUT2D eigenvalue weighted by atomic mass is 9.90. The SMILES string of the molecule is CC(C)(C)OC(=O)N1CCC(c2nc(C3=CC(c4ccccc4OCC4CCCCC4)ON3)cs2)CC1. The number of amides is 1. The molecule has 1 aromatic heterocycles. The lowest BCUT2D eigenvalue weighted by Crippen LogP contribution is -2.41. The predicted octanol–water partition coefficient (Wildman–Crippen LogP) is 6.83. The van der Waals surface area contributed by atoms with E-state index in [2.05, 4.69) is 23.0 Å². The molecule has 200 valence electrons. The van der Waals surface area contributed by atoms with Crippen molar-refractivity contribution in [3.63, 3.8) is 0 Å². The molecule has 1 saturated heterocycles. The van der Waals surface area contributed by atoms with Crippen LogP contribution in [0.15, 0.2) is 35.7 Å². The molecule has 2 aliphatic heterocycles. The zero-order chi connectivity index (χ0) is 25.8. The Morgan fingerprint density at radius 3 is 2.65 bits per heavy atom. The zero-order valence-corrected chi connectivity index (χ0v) is 23.0. The highest BCUT2D eigenvalue weighted by molar-refractivity contribution is 7.09. The Hall–Kier alpha value is -2.58. The fraction of sp³-hybridized carbons (Fsp3) is 0.586. The van der Waals surface area contributed by atoms with Gasteiger partial charge >= 0.3 is 6.09 Å². The molecule has 37 heavy (non-hydrogen) atoms. The molecule has 5 rings (SSSR count). The summed E-state index contributed by atoms with van der Waals surface area (Å²) in [7, 11) is 0. The van der Waals surface area contributed by atoms with E-state index >= 15 is 0 Å². The van der Waals surface area contributed by atoms with Crippen molar-refractivity contribution < 1.29 is 19.1 Å². The Balaban J connectivity index is 1.19. The highest BCUT2D eigenvalue weighted by Gasteiger charge is 2.30. The van der Waals surface area contributed by atoms with Gasteiger partial charge in [-0.15, -0.1) is 11.3 Å². The lowest BCUT2D eigenvalue weighted by Gasteiger charge is -2.32. The Kier molecular flexibility index (Phi) is 8.05. The van der Waals surface area contributed by atoms with Gasteiger partial charge in [-0.25, -0.2) is 9.78 Å². The van der Waals surface area contributed by atoms with Crippen molar-refractivity contribution in [2.24, 2.45) is 5.92 Å². The molecule has 0 spiro atoms. The molecule has 3 aliphatic rings. The smallest absolute Gasteiger partial charge is 0.410 e. The fourth-order valence-electron chi connectivity index (χ4n) is 5.28. The van der Waals surface area contributed by atoms with Gasteiger partial charge in [0.25, 0.3) is 0 Å². The number of benzene rings is 1. The standard InChI is InChI=1S/C29H39N3O4S/c1-29(2,3)35-28(33)32-15-13-21(14-16-32)27-30-24(19-37-27)23-17-26(36-31-23)22-11-7-8-12-25(22)34-18-20-9-5-4-6-10-20/h7-8,11-12,17,19-21,26,31H,4-6,9-10,13-16,18H2,1-3H3. The van der Waals surface area contributed by atoms with Crippen LogP contribution in [0.3, 0.4) is 0 Å². The number of nitrogens with one attached hydrogen (secondary N) is 1. The average molecular weight is 526 g/mol. The number of ether oxygens (including phenoxy) is 2. The van der Waals surface area contributed by atoms with E-state index in [1.807, 2.05) is 43.9 Å². The van der Waals surface area contributed by atoms with Gasteiger partial charge < -0.3 is 14.4 Å². The first kappa shape index (κ1) is 26.0. The number of thiazole rings is 1. The minimum Gasteiger partial charge on any atom is -0.493 e. The average Bonchev–Trinajstić information content (AvgIpc) is 3.58. The third-order valence-corrected chi connectivity index (χ3v) is 8.34. The van der Waals surface area contributed by atoms with Crippen LogP contribution in [0.1, 0.15) is 94.0 Å². The van der Waals surface area contributed by atoms with Gasteiger partial charge in [-0.05, 0) is 64.5 Å². The molecule has 2 aromatic rings. The molecular weight excluding hydrogens is 486 g/mol. The summed E-state index contributed by atoms with van der Waals surface area (Å²) in [6, 6.07) is 8.17. The molecule has 1 N–H and O–H groups in total. The van der Waals surface area contributed by atoms with Crippen molar-refractivity contribution in [2.75, 3.05) is 19.7 Å². The number of nitrogens with zero attached hydrogens (tertiary/aromatic N) is 2. The Labute approximate surface area is 224 Å². The van der Waals surface area contributed by atoms with Crippen molar-refractivity contribution >= 4 is 23.1 Å². The second kappa shape index (κ2) is 11.4. The molecule has 7 nitrogen and oxygen atoms in total. The number of hydrogen-bond donors (Lipinski definition) is 1. The van der Waals surface area contributed by atoms with Gasteiger partial charge in [0.1, 0.15) is 17.5 Å². The third kappa shape index (κ3) is 6.65. The first-order valence-electron chi connectivity index (χ1n) is 13.6. The minimum absolute atomic E-state index is 0.222. The zero-order valence-electron chi connectivity index (χ0n) is 22.2. The van der Waals surface area contributed by atoms with Crippen LogP contribution < -0.4 is 10.2 Å². The van der Waals surface area contributed by atoms with Gasteiger partial charge in [0.2, 0.25) is 0 Å². The van der Waals surface area contributed by atoms with Crippen LogP contribution >= 0.6 is 11.3 Å². The molecule has 1 amide bonds. The van der Waals surface area contributed by atoms with Crippen molar-refractivity contribution in [2.45, 2.75) is 83.3 Å². The molecule has 1 atom stereocenters. The Morgan fingerprint density at radius 2 is 1.89 bits per heavy atom. The molecule has 0 radical (unpaired) electrons. The van der Waals surface area contributed by atoms with Gasteiger partial charge in [-0.2, -0.15) is 0 Å². The molecule has 1 unspecified atom stereocenters. The van der Waals surface area contributed by atoms with Crippen molar-refractivity contribution in [1.82, 2.24) is 15.4 Å². The number of piperidine rings is 1. The van der Waals surface area contributed by atoms with Crippen LogP contribution in [-0.4, -0.2) is 41.3 Å². The summed E-state index contributed by atoms with van der Waals surface area (Å²) in [5.74, 6) is 1.90. The van der Waals surface area contributed by atoms with Crippen molar-refractivity contribution in [3.05, 3.63) is 52.0 Å². The monoisotopic (exact) mass is 525 g/mol.